The van der Waals surface area contributed by atoms with Crippen LogP contribution in [0.4, 0.5) is 22.7 Å². The molecular weight excluding hydrogens is 405 g/mol. The maximum absolute atomic E-state index is 11.5. The molecule has 138 valence electrons. The molecule has 0 saturated heterocycles. The Labute approximate surface area is 164 Å². The highest BCUT2D eigenvalue weighted by Gasteiger charge is 2.31. The summed E-state index contributed by atoms with van der Waals surface area (Å²) >= 11 is 18.0. The van der Waals surface area contributed by atoms with Crippen LogP contribution in [0.25, 0.3) is 0 Å². The lowest BCUT2D eigenvalue weighted by atomic mass is 9.86. The molecule has 2 aromatic rings. The van der Waals surface area contributed by atoms with Crippen LogP contribution in [0.3, 0.4) is 0 Å². The number of nitrogens with one attached hydrogen (secondary N) is 1. The van der Waals surface area contributed by atoms with Gasteiger partial charge in [0.15, 0.2) is 5.69 Å². The van der Waals surface area contributed by atoms with E-state index in [0.29, 0.717) is 5.56 Å². The smallest absolute Gasteiger partial charge is 0.300 e. The van der Waals surface area contributed by atoms with E-state index in [1.54, 1.807) is 20.8 Å². The normalized spacial score (nSPS) is 11.3. The van der Waals surface area contributed by atoms with E-state index in [0.717, 1.165) is 0 Å². The van der Waals surface area contributed by atoms with E-state index in [-0.39, 0.29) is 26.4 Å². The highest BCUT2D eigenvalue weighted by molar-refractivity contribution is 6.42. The third kappa shape index (κ3) is 4.17. The first-order chi connectivity index (χ1) is 11.9. The first-order valence-electron chi connectivity index (χ1n) is 7.30. The summed E-state index contributed by atoms with van der Waals surface area (Å²) in [5, 5.41) is 26.1. The van der Waals surface area contributed by atoms with Crippen LogP contribution in [0.15, 0.2) is 24.3 Å². The molecule has 0 spiro atoms. The lowest BCUT2D eigenvalue weighted by molar-refractivity contribution is -0.392. The summed E-state index contributed by atoms with van der Waals surface area (Å²) in [6, 6.07) is 5.34. The van der Waals surface area contributed by atoms with Crippen molar-refractivity contribution in [3.8, 4) is 0 Å². The molecular formula is C16H14Cl3N3O4. The van der Waals surface area contributed by atoms with Gasteiger partial charge in [0.05, 0.1) is 25.6 Å². The number of hydrogen-bond donors (Lipinski definition) is 1. The molecule has 0 atom stereocenters. The van der Waals surface area contributed by atoms with E-state index in [1.807, 2.05) is 0 Å². The Hall–Kier alpha value is -2.09. The number of nitrogens with zero attached hydrogens (tertiary/aromatic N) is 2. The first kappa shape index (κ1) is 20.2. The number of nitro groups is 2. The Morgan fingerprint density at radius 2 is 1.27 bits per heavy atom. The van der Waals surface area contributed by atoms with Gasteiger partial charge in [-0.2, -0.15) is 0 Å². The van der Waals surface area contributed by atoms with Gasteiger partial charge in [0.2, 0.25) is 0 Å². The van der Waals surface area contributed by atoms with Crippen molar-refractivity contribution < 1.29 is 9.85 Å². The van der Waals surface area contributed by atoms with Crippen molar-refractivity contribution in [2.75, 3.05) is 5.32 Å². The van der Waals surface area contributed by atoms with E-state index >= 15 is 0 Å². The van der Waals surface area contributed by atoms with Crippen molar-refractivity contribution in [3.05, 3.63) is 65.1 Å². The minimum absolute atomic E-state index is 0.0750. The lowest BCUT2D eigenvalue weighted by Gasteiger charge is -2.20. The molecule has 7 nitrogen and oxygen atoms in total. The Bertz CT molecular complexity index is 852. The van der Waals surface area contributed by atoms with Crippen LogP contribution in [0.5, 0.6) is 0 Å². The molecule has 0 aliphatic heterocycles. The van der Waals surface area contributed by atoms with E-state index in [4.69, 9.17) is 34.8 Å². The quantitative estimate of drug-likeness (QED) is 0.451. The zero-order valence-electron chi connectivity index (χ0n) is 14.0. The fraction of sp³-hybridized carbons (Fsp3) is 0.250. The van der Waals surface area contributed by atoms with Crippen molar-refractivity contribution in [3.63, 3.8) is 0 Å². The van der Waals surface area contributed by atoms with Gasteiger partial charge >= 0.3 is 0 Å². The maximum atomic E-state index is 11.5. The van der Waals surface area contributed by atoms with E-state index in [1.165, 1.54) is 24.3 Å². The molecule has 1 N–H and O–H groups in total. The van der Waals surface area contributed by atoms with Crippen LogP contribution in [0.1, 0.15) is 26.3 Å². The molecule has 0 saturated carbocycles. The summed E-state index contributed by atoms with van der Waals surface area (Å²) in [7, 11) is 0. The Kier molecular flexibility index (Phi) is 5.65. The van der Waals surface area contributed by atoms with Gasteiger partial charge in [-0.05, 0) is 23.1 Å². The van der Waals surface area contributed by atoms with Gasteiger partial charge in [-0.25, -0.2) is 0 Å². The minimum atomic E-state index is -0.692. The Morgan fingerprint density at radius 3 is 1.62 bits per heavy atom. The number of nitro benzene ring substituents is 2. The molecule has 2 aromatic carbocycles. The summed E-state index contributed by atoms with van der Waals surface area (Å²) in [5.41, 5.74) is -1.19. The average molecular weight is 419 g/mol. The fourth-order valence-electron chi connectivity index (χ4n) is 2.25. The van der Waals surface area contributed by atoms with Crippen LogP contribution in [0.2, 0.25) is 15.1 Å². The summed E-state index contributed by atoms with van der Waals surface area (Å²) in [5.74, 6) is 0. The third-order valence-electron chi connectivity index (χ3n) is 3.61. The summed E-state index contributed by atoms with van der Waals surface area (Å²) in [6.07, 6.45) is 0. The molecule has 2 rings (SSSR count). The molecule has 26 heavy (non-hydrogen) atoms. The average Bonchev–Trinajstić information content (AvgIpc) is 2.48. The highest BCUT2D eigenvalue weighted by atomic mass is 35.5. The third-order valence-corrected chi connectivity index (χ3v) is 4.43. The molecule has 0 radical (unpaired) electrons. The lowest BCUT2D eigenvalue weighted by Crippen LogP contribution is -2.13. The highest BCUT2D eigenvalue weighted by Crippen LogP contribution is 2.43. The van der Waals surface area contributed by atoms with Gasteiger partial charge in [0, 0.05) is 17.2 Å². The monoisotopic (exact) mass is 417 g/mol. The topological polar surface area (TPSA) is 98.3 Å². The fourth-order valence-corrected chi connectivity index (χ4v) is 3.16. The zero-order chi connectivity index (χ0) is 19.8. The van der Waals surface area contributed by atoms with Crippen molar-refractivity contribution in [2.24, 2.45) is 0 Å². The van der Waals surface area contributed by atoms with Gasteiger partial charge in [-0.15, -0.1) is 0 Å². The number of anilines is 2. The minimum Gasteiger partial charge on any atom is -0.342 e. The largest absolute Gasteiger partial charge is 0.342 e. The second kappa shape index (κ2) is 7.26. The summed E-state index contributed by atoms with van der Waals surface area (Å²) in [6.45, 7) is 5.40. The molecule has 10 heteroatoms. The number of benzene rings is 2. The predicted molar refractivity (Wildman–Crippen MR) is 103 cm³/mol. The van der Waals surface area contributed by atoms with Crippen LogP contribution in [-0.4, -0.2) is 9.85 Å². The van der Waals surface area contributed by atoms with Crippen molar-refractivity contribution >= 4 is 57.6 Å². The predicted octanol–water partition coefficient (Wildman–Crippen LogP) is 6.50. The van der Waals surface area contributed by atoms with E-state index in [9.17, 15) is 20.2 Å². The molecule has 0 aliphatic rings. The number of rotatable bonds is 4. The second-order valence-corrected chi connectivity index (χ2v) is 7.77. The van der Waals surface area contributed by atoms with Crippen LogP contribution >= 0.6 is 34.8 Å². The molecule has 0 aromatic heterocycles. The van der Waals surface area contributed by atoms with Gasteiger partial charge in [0.25, 0.3) is 11.4 Å². The molecule has 0 fully saturated rings. The Balaban J connectivity index is 2.75. The first-order valence-corrected chi connectivity index (χ1v) is 8.44. The van der Waals surface area contributed by atoms with Crippen molar-refractivity contribution in [1.82, 2.24) is 0 Å². The van der Waals surface area contributed by atoms with Crippen LogP contribution in [-0.2, 0) is 5.41 Å². The summed E-state index contributed by atoms with van der Waals surface area (Å²) < 4.78 is 0. The summed E-state index contributed by atoms with van der Waals surface area (Å²) in [4.78, 5) is 21.7. The van der Waals surface area contributed by atoms with Gasteiger partial charge in [-0.1, -0.05) is 55.6 Å². The van der Waals surface area contributed by atoms with Crippen molar-refractivity contribution in [1.29, 1.82) is 0 Å². The van der Waals surface area contributed by atoms with Crippen molar-refractivity contribution in [2.45, 2.75) is 26.2 Å². The standard InChI is InChI=1S/C16H14Cl3N3O4/c1-16(2,3)8-4-12(21(23)24)15(13(5-8)22(25)26)20-14-10(18)6-9(17)7-11(14)19/h4-7,20H,1-3H3. The molecule has 0 amide bonds. The maximum Gasteiger partial charge on any atom is 0.300 e. The van der Waals surface area contributed by atoms with Gasteiger partial charge in [-0.3, -0.25) is 20.2 Å². The molecule has 0 heterocycles. The zero-order valence-corrected chi connectivity index (χ0v) is 16.2. The molecule has 0 aliphatic carbocycles. The van der Waals surface area contributed by atoms with E-state index < -0.39 is 26.6 Å². The van der Waals surface area contributed by atoms with E-state index in [2.05, 4.69) is 5.32 Å². The molecule has 0 unspecified atom stereocenters. The van der Waals surface area contributed by atoms with Crippen LogP contribution < -0.4 is 5.32 Å². The number of hydrogen-bond acceptors (Lipinski definition) is 5. The Morgan fingerprint density at radius 1 is 0.846 bits per heavy atom. The SMILES string of the molecule is CC(C)(C)c1cc([N+](=O)[O-])c(Nc2c(Cl)cc(Cl)cc2Cl)c([N+](=O)[O-])c1. The molecule has 0 bridgehead atoms. The van der Waals surface area contributed by atoms with Gasteiger partial charge < -0.3 is 5.32 Å². The second-order valence-electron chi connectivity index (χ2n) is 6.52. The number of halogens is 3. The van der Waals surface area contributed by atoms with Crippen LogP contribution in [0, 0.1) is 20.2 Å². The van der Waals surface area contributed by atoms with Gasteiger partial charge in [0.1, 0.15) is 0 Å².